The van der Waals surface area contributed by atoms with Crippen LogP contribution in [-0.4, -0.2) is 50.8 Å². The monoisotopic (exact) mass is 578 g/mol. The van der Waals surface area contributed by atoms with Gasteiger partial charge in [-0.1, -0.05) is 23.2 Å². The molecule has 0 aliphatic carbocycles. The fourth-order valence-corrected chi connectivity index (χ4v) is 4.49. The normalized spacial score (nSPS) is 11.7. The van der Waals surface area contributed by atoms with Crippen LogP contribution in [-0.2, 0) is 11.3 Å². The quantitative estimate of drug-likeness (QED) is 0.110. The Morgan fingerprint density at radius 1 is 1.18 bits per heavy atom. The van der Waals surface area contributed by atoms with Crippen molar-refractivity contribution in [1.29, 1.82) is 0 Å². The number of guanidine groups is 1. The zero-order valence-corrected chi connectivity index (χ0v) is 23.1. The predicted octanol–water partition coefficient (Wildman–Crippen LogP) is 2.92. The van der Waals surface area contributed by atoms with Crippen molar-refractivity contribution in [1.82, 2.24) is 19.9 Å². The maximum absolute atomic E-state index is 13.4. The van der Waals surface area contributed by atoms with Gasteiger partial charge in [0.25, 0.3) is 5.56 Å². The summed E-state index contributed by atoms with van der Waals surface area (Å²) in [6.07, 6.45) is 3.62. The molecule has 1 atom stereocenters. The molecule has 3 aromatic rings. The molecule has 1 amide bonds. The van der Waals surface area contributed by atoms with Crippen molar-refractivity contribution in [2.45, 2.75) is 45.3 Å². The van der Waals surface area contributed by atoms with Gasteiger partial charge in [0.2, 0.25) is 11.7 Å². The number of aromatic nitrogens is 3. The lowest BCUT2D eigenvalue weighted by Gasteiger charge is -2.19. The van der Waals surface area contributed by atoms with E-state index in [1.54, 1.807) is 23.6 Å². The third-order valence-corrected chi connectivity index (χ3v) is 6.74. The number of nitrogens with one attached hydrogen (secondary N) is 2. The fourth-order valence-electron chi connectivity index (χ4n) is 3.56. The number of nitrogens with two attached hydrogens (primary N) is 2. The number of amides is 1. The molecule has 202 valence electrons. The highest BCUT2D eigenvalue weighted by Gasteiger charge is 2.25. The van der Waals surface area contributed by atoms with Crippen LogP contribution in [0.3, 0.4) is 0 Å². The van der Waals surface area contributed by atoms with E-state index in [0.717, 1.165) is 0 Å². The molecule has 0 fully saturated rings. The molecule has 0 unspecified atom stereocenters. The van der Waals surface area contributed by atoms with Gasteiger partial charge in [0, 0.05) is 29.7 Å². The number of Topliss-reactive ketones (excluding diaryl/α,β-unsaturated/α-hetero) is 1. The van der Waals surface area contributed by atoms with Crippen LogP contribution in [0.2, 0.25) is 10.0 Å². The Labute approximate surface area is 233 Å². The number of thiazole rings is 1. The predicted molar refractivity (Wildman–Crippen MR) is 151 cm³/mol. The fraction of sp³-hybridized carbons (Fsp3) is 0.333. The Kier molecular flexibility index (Phi) is 10.2. The zero-order valence-electron chi connectivity index (χ0n) is 20.8. The summed E-state index contributed by atoms with van der Waals surface area (Å²) in [7, 11) is 0. The maximum atomic E-state index is 13.4. The second-order valence-corrected chi connectivity index (χ2v) is 10.3. The summed E-state index contributed by atoms with van der Waals surface area (Å²) in [5, 5.41) is 8.32. The maximum Gasteiger partial charge on any atom is 0.277 e. The van der Waals surface area contributed by atoms with Crippen molar-refractivity contribution in [3.63, 3.8) is 0 Å². The molecule has 14 heteroatoms. The summed E-state index contributed by atoms with van der Waals surface area (Å²) < 4.78 is 1.23. The Hall–Kier alpha value is -3.48. The average Bonchev–Trinajstić information content (AvgIpc) is 3.39. The van der Waals surface area contributed by atoms with Crippen LogP contribution < -0.4 is 27.7 Å². The lowest BCUT2D eigenvalue weighted by molar-refractivity contribution is -0.122. The Morgan fingerprint density at radius 3 is 2.58 bits per heavy atom. The molecule has 0 bridgehead atoms. The molecule has 1 aromatic carbocycles. The van der Waals surface area contributed by atoms with E-state index in [1.807, 2.05) is 13.8 Å². The van der Waals surface area contributed by atoms with Gasteiger partial charge in [-0.25, -0.2) is 9.97 Å². The van der Waals surface area contributed by atoms with E-state index in [4.69, 9.17) is 34.7 Å². The number of benzene rings is 1. The summed E-state index contributed by atoms with van der Waals surface area (Å²) in [6, 6.07) is 3.85. The van der Waals surface area contributed by atoms with Gasteiger partial charge >= 0.3 is 0 Å². The molecule has 0 saturated heterocycles. The van der Waals surface area contributed by atoms with E-state index in [-0.39, 0.29) is 52.3 Å². The van der Waals surface area contributed by atoms with Gasteiger partial charge in [-0.15, -0.1) is 11.3 Å². The highest BCUT2D eigenvalue weighted by atomic mass is 35.5. The van der Waals surface area contributed by atoms with Crippen molar-refractivity contribution in [2.75, 3.05) is 11.9 Å². The highest BCUT2D eigenvalue weighted by Crippen LogP contribution is 2.27. The van der Waals surface area contributed by atoms with Crippen molar-refractivity contribution in [2.24, 2.45) is 16.5 Å². The topological polar surface area (TPSA) is 170 Å². The van der Waals surface area contributed by atoms with E-state index in [1.165, 1.54) is 28.3 Å². The van der Waals surface area contributed by atoms with Crippen molar-refractivity contribution < 1.29 is 9.59 Å². The molecular weight excluding hydrogens is 551 g/mol. The van der Waals surface area contributed by atoms with Gasteiger partial charge in [0.1, 0.15) is 18.1 Å². The highest BCUT2D eigenvalue weighted by molar-refractivity contribution is 7.11. The largest absolute Gasteiger partial charge is 0.377 e. The van der Waals surface area contributed by atoms with Crippen LogP contribution >= 0.6 is 34.5 Å². The van der Waals surface area contributed by atoms with Gasteiger partial charge in [-0.3, -0.25) is 23.9 Å². The number of anilines is 1. The van der Waals surface area contributed by atoms with Crippen LogP contribution in [0, 0.1) is 0 Å². The molecule has 0 aliphatic rings. The van der Waals surface area contributed by atoms with Crippen molar-refractivity contribution in [3.05, 3.63) is 61.4 Å². The summed E-state index contributed by atoms with van der Waals surface area (Å²) in [6.45, 7) is 3.64. The Bertz CT molecular complexity index is 1370. The number of aliphatic imine (C=N–C) groups is 1. The van der Waals surface area contributed by atoms with E-state index < -0.39 is 24.1 Å². The first-order chi connectivity index (χ1) is 18.1. The number of hydrogen-bond donors (Lipinski definition) is 4. The van der Waals surface area contributed by atoms with Crippen molar-refractivity contribution >= 4 is 57.9 Å². The minimum absolute atomic E-state index is 0.0480. The molecule has 0 radical (unpaired) electrons. The molecule has 38 heavy (non-hydrogen) atoms. The average molecular weight is 580 g/mol. The first-order valence-corrected chi connectivity index (χ1v) is 13.3. The van der Waals surface area contributed by atoms with Gasteiger partial charge in [0.15, 0.2) is 11.0 Å². The van der Waals surface area contributed by atoms with Crippen LogP contribution in [0.15, 0.2) is 45.8 Å². The number of carbonyl (C=O) groups excluding carboxylic acids is 2. The number of hydrogen-bond acceptors (Lipinski definition) is 8. The molecule has 11 nitrogen and oxygen atoms in total. The minimum atomic E-state index is -0.892. The Morgan fingerprint density at radius 2 is 1.95 bits per heavy atom. The zero-order chi connectivity index (χ0) is 27.8. The molecule has 6 N–H and O–H groups in total. The molecule has 0 spiro atoms. The van der Waals surface area contributed by atoms with E-state index in [9.17, 15) is 14.4 Å². The van der Waals surface area contributed by atoms with Crippen LogP contribution in [0.4, 0.5) is 5.69 Å². The summed E-state index contributed by atoms with van der Waals surface area (Å²) >= 11 is 13.4. The first-order valence-electron chi connectivity index (χ1n) is 11.7. The lowest BCUT2D eigenvalue weighted by atomic mass is 10.1. The summed E-state index contributed by atoms with van der Waals surface area (Å²) in [5.74, 6) is -0.751. The molecule has 2 heterocycles. The van der Waals surface area contributed by atoms with Crippen LogP contribution in [0.1, 0.15) is 36.5 Å². The van der Waals surface area contributed by atoms with Crippen LogP contribution in [0.25, 0.3) is 11.4 Å². The standard InChI is InChI=1S/C24H28Cl2N8O3S/c1-13(2)32-18-11-31-21(14-5-6-15(25)16(26)10-14)34(23(18)37)12-19(35)33-17(4-3-7-30-24(27)28)20(36)22-29-8-9-38-22/h5-6,8-11,13,17,32H,3-4,7,12H2,1-2H3,(H,33,35)(H4,27,28,30)/t17-/m0/s1. The molecule has 0 saturated carbocycles. The summed E-state index contributed by atoms with van der Waals surface area (Å²) in [4.78, 5) is 52.1. The van der Waals surface area contributed by atoms with E-state index >= 15 is 0 Å². The molecule has 3 rings (SSSR count). The second kappa shape index (κ2) is 13.4. The number of rotatable bonds is 12. The smallest absolute Gasteiger partial charge is 0.277 e. The lowest BCUT2D eigenvalue weighted by Crippen LogP contribution is -2.44. The molecule has 2 aromatic heterocycles. The van der Waals surface area contributed by atoms with E-state index in [0.29, 0.717) is 17.0 Å². The first kappa shape index (κ1) is 29.1. The van der Waals surface area contributed by atoms with Gasteiger partial charge in [0.05, 0.1) is 22.3 Å². The SMILES string of the molecule is CC(C)Nc1cnc(-c2ccc(Cl)c(Cl)c2)n(CC(=O)N[C@@H](CCCN=C(N)N)C(=O)c2nccs2)c1=O. The van der Waals surface area contributed by atoms with Crippen LogP contribution in [0.5, 0.6) is 0 Å². The number of halogens is 2. The van der Waals surface area contributed by atoms with Gasteiger partial charge in [-0.2, -0.15) is 0 Å². The minimum Gasteiger partial charge on any atom is -0.377 e. The molecular formula is C24H28Cl2N8O3S. The third kappa shape index (κ3) is 7.76. The van der Waals surface area contributed by atoms with Gasteiger partial charge < -0.3 is 22.1 Å². The van der Waals surface area contributed by atoms with Gasteiger partial charge in [-0.05, 0) is 44.9 Å². The third-order valence-electron chi connectivity index (χ3n) is 5.21. The number of nitrogens with zero attached hydrogens (tertiary/aromatic N) is 4. The Balaban J connectivity index is 1.91. The van der Waals surface area contributed by atoms with Crippen molar-refractivity contribution in [3.8, 4) is 11.4 Å². The number of ketones is 1. The molecule has 0 aliphatic heterocycles. The van der Waals surface area contributed by atoms with E-state index in [2.05, 4.69) is 25.6 Å². The summed E-state index contributed by atoms with van der Waals surface area (Å²) in [5.41, 5.74) is 11.0. The number of carbonyl (C=O) groups is 2. The second-order valence-electron chi connectivity index (χ2n) is 8.59.